The van der Waals surface area contributed by atoms with Gasteiger partial charge in [-0.2, -0.15) is 0 Å². The Kier molecular flexibility index (Phi) is 5.11. The summed E-state index contributed by atoms with van der Waals surface area (Å²) in [5.41, 5.74) is 3.17. The molecule has 2 aromatic carbocycles. The number of nitrogens with one attached hydrogen (secondary N) is 1. The predicted molar refractivity (Wildman–Crippen MR) is 85.1 cm³/mol. The second-order valence-electron chi connectivity index (χ2n) is 4.56. The summed E-state index contributed by atoms with van der Waals surface area (Å²) in [7, 11) is 0. The van der Waals surface area contributed by atoms with Gasteiger partial charge in [0.1, 0.15) is 0 Å². The number of carbonyl (C=O) groups is 2. The monoisotopic (exact) mass is 347 g/mol. The first-order chi connectivity index (χ1) is 10.1. The van der Waals surface area contributed by atoms with Crippen LogP contribution in [0.25, 0.3) is 0 Å². The van der Waals surface area contributed by atoms with Crippen molar-refractivity contribution in [2.24, 2.45) is 0 Å². The van der Waals surface area contributed by atoms with Gasteiger partial charge < -0.3 is 10.4 Å². The Balaban J connectivity index is 2.02. The zero-order valence-electron chi connectivity index (χ0n) is 11.2. The van der Waals surface area contributed by atoms with Gasteiger partial charge in [0.05, 0.1) is 10.9 Å². The Morgan fingerprint density at radius 2 is 1.48 bits per heavy atom. The highest BCUT2D eigenvalue weighted by Gasteiger charge is 2.03. The fourth-order valence-electron chi connectivity index (χ4n) is 1.90. The smallest absolute Gasteiger partial charge is 0.335 e. The number of carboxylic acids is 1. The van der Waals surface area contributed by atoms with Gasteiger partial charge in [0.25, 0.3) is 0 Å². The lowest BCUT2D eigenvalue weighted by Gasteiger charge is -2.06. The van der Waals surface area contributed by atoms with Crippen molar-refractivity contribution in [1.29, 1.82) is 0 Å². The summed E-state index contributed by atoms with van der Waals surface area (Å²) in [6.07, 6.45) is 0.715. The van der Waals surface area contributed by atoms with E-state index in [2.05, 4.69) is 21.2 Å². The molecule has 0 fully saturated rings. The molecule has 0 saturated carbocycles. The minimum atomic E-state index is -0.923. The van der Waals surface area contributed by atoms with Crippen LogP contribution >= 0.6 is 15.9 Å². The van der Waals surface area contributed by atoms with Crippen molar-refractivity contribution in [2.75, 3.05) is 10.6 Å². The largest absolute Gasteiger partial charge is 0.478 e. The molecule has 0 unspecified atom stereocenters. The van der Waals surface area contributed by atoms with E-state index in [0.717, 1.165) is 16.8 Å². The third-order valence-electron chi connectivity index (χ3n) is 2.97. The highest BCUT2D eigenvalue weighted by Crippen LogP contribution is 2.14. The van der Waals surface area contributed by atoms with Crippen LogP contribution in [0, 0.1) is 0 Å². The predicted octanol–water partition coefficient (Wildman–Crippen LogP) is 3.31. The number of alkyl halides is 1. The molecule has 0 aliphatic heterocycles. The van der Waals surface area contributed by atoms with Crippen molar-refractivity contribution in [2.45, 2.75) is 6.42 Å². The molecule has 2 rings (SSSR count). The van der Waals surface area contributed by atoms with E-state index in [1.54, 1.807) is 12.1 Å². The number of hydrogen-bond acceptors (Lipinski definition) is 2. The molecule has 0 spiro atoms. The Morgan fingerprint density at radius 1 is 0.952 bits per heavy atom. The van der Waals surface area contributed by atoms with E-state index in [1.165, 1.54) is 0 Å². The molecule has 108 valence electrons. The van der Waals surface area contributed by atoms with Crippen LogP contribution in [0.15, 0.2) is 48.5 Å². The molecule has 5 heteroatoms. The number of aromatic carboxylic acids is 1. The molecule has 21 heavy (non-hydrogen) atoms. The van der Waals surface area contributed by atoms with Gasteiger partial charge in [-0.3, -0.25) is 4.79 Å². The van der Waals surface area contributed by atoms with E-state index < -0.39 is 5.97 Å². The summed E-state index contributed by atoms with van der Waals surface area (Å²) in [5, 5.41) is 11.9. The highest BCUT2D eigenvalue weighted by molar-refractivity contribution is 9.09. The van der Waals surface area contributed by atoms with Crippen LogP contribution in [-0.4, -0.2) is 22.3 Å². The topological polar surface area (TPSA) is 66.4 Å². The average molecular weight is 348 g/mol. The van der Waals surface area contributed by atoms with Crippen molar-refractivity contribution >= 4 is 33.5 Å². The van der Waals surface area contributed by atoms with Crippen LogP contribution in [0.5, 0.6) is 0 Å². The Labute approximate surface area is 130 Å². The van der Waals surface area contributed by atoms with Crippen LogP contribution in [0.1, 0.15) is 21.5 Å². The number of rotatable bonds is 5. The summed E-state index contributed by atoms with van der Waals surface area (Å²) in [4.78, 5) is 22.0. The van der Waals surface area contributed by atoms with Gasteiger partial charge >= 0.3 is 5.97 Å². The molecule has 2 N–H and O–H groups in total. The zero-order chi connectivity index (χ0) is 15.2. The quantitative estimate of drug-likeness (QED) is 0.815. The van der Waals surface area contributed by atoms with Gasteiger partial charge in [-0.1, -0.05) is 40.2 Å². The van der Waals surface area contributed by atoms with Crippen LogP contribution in [0.4, 0.5) is 5.69 Å². The van der Waals surface area contributed by atoms with E-state index in [1.807, 2.05) is 36.4 Å². The fourth-order valence-corrected chi connectivity index (χ4v) is 2.04. The SMILES string of the molecule is O=C(CBr)Nc1ccc(Cc2ccc(C(=O)O)cc2)cc1. The van der Waals surface area contributed by atoms with Crippen molar-refractivity contribution in [3.8, 4) is 0 Å². The lowest BCUT2D eigenvalue weighted by molar-refractivity contribution is -0.113. The van der Waals surface area contributed by atoms with Gasteiger partial charge in [-0.05, 0) is 41.8 Å². The molecular weight excluding hydrogens is 334 g/mol. The number of anilines is 1. The first kappa shape index (κ1) is 15.3. The third kappa shape index (κ3) is 4.43. The van der Waals surface area contributed by atoms with E-state index in [4.69, 9.17) is 5.11 Å². The molecule has 0 saturated heterocycles. The molecule has 4 nitrogen and oxygen atoms in total. The Hall–Kier alpha value is -2.14. The molecule has 0 aliphatic rings. The van der Waals surface area contributed by atoms with Crippen molar-refractivity contribution in [3.05, 3.63) is 65.2 Å². The number of carboxylic acid groups (broad SMARTS) is 1. The van der Waals surface area contributed by atoms with Crippen molar-refractivity contribution < 1.29 is 14.7 Å². The molecule has 0 aliphatic carbocycles. The molecule has 0 radical (unpaired) electrons. The maximum atomic E-state index is 11.2. The number of amides is 1. The second kappa shape index (κ2) is 7.04. The minimum Gasteiger partial charge on any atom is -0.478 e. The first-order valence-corrected chi connectivity index (χ1v) is 7.47. The van der Waals surface area contributed by atoms with Gasteiger partial charge in [-0.15, -0.1) is 0 Å². The van der Waals surface area contributed by atoms with Crippen LogP contribution in [-0.2, 0) is 11.2 Å². The minimum absolute atomic E-state index is 0.0907. The van der Waals surface area contributed by atoms with Gasteiger partial charge in [0, 0.05) is 5.69 Å². The Morgan fingerprint density at radius 3 is 1.95 bits per heavy atom. The van der Waals surface area contributed by atoms with Crippen LogP contribution in [0.2, 0.25) is 0 Å². The van der Waals surface area contributed by atoms with Gasteiger partial charge in [0.15, 0.2) is 0 Å². The standard InChI is InChI=1S/C16H14BrNO3/c17-10-15(19)18-14-7-3-12(4-8-14)9-11-1-5-13(6-2-11)16(20)21/h1-8H,9-10H2,(H,18,19)(H,20,21). The second-order valence-corrected chi connectivity index (χ2v) is 5.12. The number of benzene rings is 2. The van der Waals surface area contributed by atoms with E-state index in [0.29, 0.717) is 6.42 Å². The first-order valence-electron chi connectivity index (χ1n) is 6.35. The van der Waals surface area contributed by atoms with E-state index >= 15 is 0 Å². The number of carbonyl (C=O) groups excluding carboxylic acids is 1. The number of halogens is 1. The molecule has 0 heterocycles. The summed E-state index contributed by atoms with van der Waals surface area (Å²) >= 11 is 3.09. The van der Waals surface area contributed by atoms with E-state index in [-0.39, 0.29) is 16.8 Å². The van der Waals surface area contributed by atoms with Crippen LogP contribution < -0.4 is 5.32 Å². The van der Waals surface area contributed by atoms with Crippen molar-refractivity contribution in [1.82, 2.24) is 0 Å². The molecule has 1 amide bonds. The molecule has 0 atom stereocenters. The third-order valence-corrected chi connectivity index (χ3v) is 3.48. The summed E-state index contributed by atoms with van der Waals surface area (Å²) in [6.45, 7) is 0. The lowest BCUT2D eigenvalue weighted by atomic mass is 10.0. The summed E-state index contributed by atoms with van der Waals surface area (Å²) < 4.78 is 0. The molecule has 2 aromatic rings. The normalized spacial score (nSPS) is 10.1. The molecular formula is C16H14BrNO3. The molecule has 0 bridgehead atoms. The number of hydrogen-bond donors (Lipinski definition) is 2. The average Bonchev–Trinajstić information content (AvgIpc) is 2.49. The van der Waals surface area contributed by atoms with Gasteiger partial charge in [0.2, 0.25) is 5.91 Å². The van der Waals surface area contributed by atoms with Crippen LogP contribution in [0.3, 0.4) is 0 Å². The highest BCUT2D eigenvalue weighted by atomic mass is 79.9. The maximum absolute atomic E-state index is 11.2. The molecule has 0 aromatic heterocycles. The summed E-state index contributed by atoms with van der Waals surface area (Å²) in [6, 6.07) is 14.4. The lowest BCUT2D eigenvalue weighted by Crippen LogP contribution is -2.12. The summed E-state index contributed by atoms with van der Waals surface area (Å²) in [5.74, 6) is -1.01. The maximum Gasteiger partial charge on any atom is 0.335 e. The van der Waals surface area contributed by atoms with Crippen molar-refractivity contribution in [3.63, 3.8) is 0 Å². The fraction of sp³-hybridized carbons (Fsp3) is 0.125. The van der Waals surface area contributed by atoms with E-state index in [9.17, 15) is 9.59 Å². The van der Waals surface area contributed by atoms with Gasteiger partial charge in [-0.25, -0.2) is 4.79 Å². The zero-order valence-corrected chi connectivity index (χ0v) is 12.8. The Bertz CT molecular complexity index is 636.